The van der Waals surface area contributed by atoms with Gasteiger partial charge in [0.15, 0.2) is 10.4 Å². The zero-order valence-corrected chi connectivity index (χ0v) is 20.0. The maximum absolute atomic E-state index is 13.1. The highest BCUT2D eigenvalue weighted by molar-refractivity contribution is 9.10. The van der Waals surface area contributed by atoms with E-state index in [0.29, 0.717) is 16.1 Å². The molecule has 4 rings (SSSR count). The molecule has 1 heterocycles. The number of hydrazone groups is 1. The molecule has 0 fully saturated rings. The van der Waals surface area contributed by atoms with Crippen molar-refractivity contribution in [3.05, 3.63) is 124 Å². The lowest BCUT2D eigenvalue weighted by Gasteiger charge is -2.16. The van der Waals surface area contributed by atoms with E-state index in [-0.39, 0.29) is 17.6 Å². The minimum atomic E-state index is -0.474. The summed E-state index contributed by atoms with van der Waals surface area (Å²) in [4.78, 5) is 25.3. The minimum absolute atomic E-state index is 0.211. The highest BCUT2D eigenvalue weighted by Crippen LogP contribution is 2.25. The van der Waals surface area contributed by atoms with Crippen LogP contribution in [0.15, 0.2) is 111 Å². The summed E-state index contributed by atoms with van der Waals surface area (Å²) < 4.78 is 5.75. The number of halogens is 1. The van der Waals surface area contributed by atoms with E-state index in [0.717, 1.165) is 16.7 Å². The third-order valence-corrected chi connectivity index (χ3v) is 5.65. The van der Waals surface area contributed by atoms with Crippen molar-refractivity contribution in [2.24, 2.45) is 5.10 Å². The number of anilines is 1. The SMILES string of the molecule is C/C(=N\NC(=O)C(c1ccccc1)c1ccccc1)c1ccc(NC(=O)c2ccc(Br)o2)cc1. The van der Waals surface area contributed by atoms with Crippen molar-refractivity contribution in [1.29, 1.82) is 0 Å². The van der Waals surface area contributed by atoms with Gasteiger partial charge in [-0.1, -0.05) is 72.8 Å². The molecule has 0 unspecified atom stereocenters. The van der Waals surface area contributed by atoms with Crippen molar-refractivity contribution in [1.82, 2.24) is 5.43 Å². The predicted octanol–water partition coefficient (Wildman–Crippen LogP) is 5.97. The normalized spacial score (nSPS) is 11.3. The maximum Gasteiger partial charge on any atom is 0.291 e. The lowest BCUT2D eigenvalue weighted by atomic mass is 9.91. The van der Waals surface area contributed by atoms with E-state index in [1.165, 1.54) is 0 Å². The lowest BCUT2D eigenvalue weighted by molar-refractivity contribution is -0.121. The molecule has 0 spiro atoms. The molecule has 0 radical (unpaired) electrons. The molecule has 6 nitrogen and oxygen atoms in total. The molecule has 0 saturated heterocycles. The Bertz CT molecular complexity index is 1260. The smallest absolute Gasteiger partial charge is 0.291 e. The second-order valence-corrected chi connectivity index (χ2v) is 8.34. The predicted molar refractivity (Wildman–Crippen MR) is 136 cm³/mol. The second kappa shape index (κ2) is 10.8. The van der Waals surface area contributed by atoms with E-state index in [9.17, 15) is 9.59 Å². The second-order valence-electron chi connectivity index (χ2n) is 7.56. The van der Waals surface area contributed by atoms with Crippen molar-refractivity contribution >= 4 is 39.1 Å². The van der Waals surface area contributed by atoms with Crippen molar-refractivity contribution in [3.63, 3.8) is 0 Å². The van der Waals surface area contributed by atoms with Crippen molar-refractivity contribution in [3.8, 4) is 0 Å². The molecule has 34 heavy (non-hydrogen) atoms. The zero-order chi connectivity index (χ0) is 23.9. The third-order valence-electron chi connectivity index (χ3n) is 5.22. The average molecular weight is 516 g/mol. The summed E-state index contributed by atoms with van der Waals surface area (Å²) >= 11 is 3.18. The van der Waals surface area contributed by atoms with Crippen LogP contribution in [0.2, 0.25) is 0 Å². The fourth-order valence-corrected chi connectivity index (χ4v) is 3.78. The number of amides is 2. The first-order valence-corrected chi connectivity index (χ1v) is 11.4. The van der Waals surface area contributed by atoms with Gasteiger partial charge in [-0.05, 0) is 63.8 Å². The van der Waals surface area contributed by atoms with Crippen molar-refractivity contribution in [2.45, 2.75) is 12.8 Å². The van der Waals surface area contributed by atoms with Gasteiger partial charge in [-0.3, -0.25) is 9.59 Å². The first-order chi connectivity index (χ1) is 16.5. The number of hydrogen-bond donors (Lipinski definition) is 2. The molecule has 0 bridgehead atoms. The molecule has 0 aliphatic rings. The molecule has 3 aromatic carbocycles. The van der Waals surface area contributed by atoms with Gasteiger partial charge in [0.1, 0.15) is 0 Å². The first kappa shape index (κ1) is 23.2. The fraction of sp³-hybridized carbons (Fsp3) is 0.0741. The van der Waals surface area contributed by atoms with E-state index >= 15 is 0 Å². The van der Waals surface area contributed by atoms with Crippen LogP contribution in [0.4, 0.5) is 5.69 Å². The van der Waals surface area contributed by atoms with E-state index in [2.05, 4.69) is 31.8 Å². The van der Waals surface area contributed by atoms with E-state index in [1.54, 1.807) is 24.3 Å². The van der Waals surface area contributed by atoms with Gasteiger partial charge >= 0.3 is 0 Å². The number of rotatable bonds is 7. The quantitative estimate of drug-likeness (QED) is 0.235. The van der Waals surface area contributed by atoms with Crippen LogP contribution < -0.4 is 10.7 Å². The number of furan rings is 1. The van der Waals surface area contributed by atoms with Crippen LogP contribution in [0.25, 0.3) is 0 Å². The number of nitrogens with zero attached hydrogens (tertiary/aromatic N) is 1. The Labute approximate surface area is 205 Å². The average Bonchev–Trinajstić information content (AvgIpc) is 3.31. The van der Waals surface area contributed by atoms with E-state index < -0.39 is 5.92 Å². The van der Waals surface area contributed by atoms with E-state index in [4.69, 9.17) is 4.42 Å². The number of hydrogen-bond acceptors (Lipinski definition) is 4. The van der Waals surface area contributed by atoms with Crippen LogP contribution >= 0.6 is 15.9 Å². The Hall–Kier alpha value is -3.97. The molecule has 4 aromatic rings. The summed E-state index contributed by atoms with van der Waals surface area (Å²) in [5, 5.41) is 7.09. The van der Waals surface area contributed by atoms with Crippen LogP contribution in [0.5, 0.6) is 0 Å². The van der Waals surface area contributed by atoms with Crippen LogP contribution in [0.3, 0.4) is 0 Å². The highest BCUT2D eigenvalue weighted by atomic mass is 79.9. The highest BCUT2D eigenvalue weighted by Gasteiger charge is 2.22. The van der Waals surface area contributed by atoms with Crippen molar-refractivity contribution in [2.75, 3.05) is 5.32 Å². The van der Waals surface area contributed by atoms with Crippen LogP contribution in [-0.4, -0.2) is 17.5 Å². The van der Waals surface area contributed by atoms with Gasteiger partial charge in [0.05, 0.1) is 11.6 Å². The summed E-state index contributed by atoms with van der Waals surface area (Å²) in [6.07, 6.45) is 0. The van der Waals surface area contributed by atoms with Crippen LogP contribution in [0, 0.1) is 0 Å². The van der Waals surface area contributed by atoms with Gasteiger partial charge in [-0.2, -0.15) is 5.10 Å². The van der Waals surface area contributed by atoms with Gasteiger partial charge in [-0.15, -0.1) is 0 Å². The zero-order valence-electron chi connectivity index (χ0n) is 18.4. The Morgan fingerprint density at radius 2 is 1.41 bits per heavy atom. The molecular formula is C27H22BrN3O3. The number of benzene rings is 3. The largest absolute Gasteiger partial charge is 0.444 e. The number of nitrogens with one attached hydrogen (secondary N) is 2. The van der Waals surface area contributed by atoms with Gasteiger partial charge in [0.25, 0.3) is 11.8 Å². The monoisotopic (exact) mass is 515 g/mol. The standard InChI is InChI=1S/C27H22BrN3O3/c1-18(19-12-14-22(15-13-19)29-26(32)23-16-17-24(28)34-23)30-31-27(33)25(20-8-4-2-5-9-20)21-10-6-3-7-11-21/h2-17,25H,1H3,(H,29,32)(H,31,33)/b30-18+. The molecule has 2 N–H and O–H groups in total. The summed E-state index contributed by atoms with van der Waals surface area (Å²) in [5.74, 6) is -0.824. The molecule has 7 heteroatoms. The number of carbonyl (C=O) groups is 2. The van der Waals surface area contributed by atoms with E-state index in [1.807, 2.05) is 79.7 Å². The minimum Gasteiger partial charge on any atom is -0.444 e. The first-order valence-electron chi connectivity index (χ1n) is 10.6. The molecular weight excluding hydrogens is 494 g/mol. The molecule has 0 atom stereocenters. The Morgan fingerprint density at radius 1 is 0.824 bits per heavy atom. The third kappa shape index (κ3) is 5.68. The van der Waals surface area contributed by atoms with Gasteiger partial charge in [-0.25, -0.2) is 5.43 Å². The molecule has 0 aliphatic heterocycles. The van der Waals surface area contributed by atoms with Crippen molar-refractivity contribution < 1.29 is 14.0 Å². The molecule has 170 valence electrons. The molecule has 2 amide bonds. The van der Waals surface area contributed by atoms with Crippen LogP contribution in [0.1, 0.15) is 40.1 Å². The Balaban J connectivity index is 1.45. The molecule has 0 saturated carbocycles. The summed E-state index contributed by atoms with van der Waals surface area (Å²) in [7, 11) is 0. The fourth-order valence-electron chi connectivity index (χ4n) is 3.48. The van der Waals surface area contributed by atoms with Gasteiger partial charge in [0.2, 0.25) is 0 Å². The summed E-state index contributed by atoms with van der Waals surface area (Å²) in [5.41, 5.74) is 6.57. The molecule has 0 aliphatic carbocycles. The Kier molecular flexibility index (Phi) is 7.34. The summed E-state index contributed by atoms with van der Waals surface area (Å²) in [6, 6.07) is 29.7. The summed E-state index contributed by atoms with van der Waals surface area (Å²) in [6.45, 7) is 1.81. The number of carbonyl (C=O) groups excluding carboxylic acids is 2. The topological polar surface area (TPSA) is 83.7 Å². The Morgan fingerprint density at radius 3 is 1.94 bits per heavy atom. The molecule has 1 aromatic heterocycles. The maximum atomic E-state index is 13.1. The van der Waals surface area contributed by atoms with Gasteiger partial charge < -0.3 is 9.73 Å². The van der Waals surface area contributed by atoms with Gasteiger partial charge in [0, 0.05) is 5.69 Å². The van der Waals surface area contributed by atoms with Crippen LogP contribution in [-0.2, 0) is 4.79 Å². The lowest BCUT2D eigenvalue weighted by Crippen LogP contribution is -2.27.